The van der Waals surface area contributed by atoms with E-state index in [0.717, 1.165) is 45.6 Å². The molecular weight excluding hydrogens is 256 g/mol. The number of likely N-dealkylation sites (tertiary alicyclic amines) is 1. The van der Waals surface area contributed by atoms with Gasteiger partial charge in [-0.3, -0.25) is 9.69 Å². The van der Waals surface area contributed by atoms with E-state index in [2.05, 4.69) is 35.6 Å². The fourth-order valence-electron chi connectivity index (χ4n) is 2.84. The first-order valence-corrected chi connectivity index (χ1v) is 8.21. The number of nitrogens with zero attached hydrogens (tertiary/aromatic N) is 2. The van der Waals surface area contributed by atoms with Crippen LogP contribution in [0.25, 0.3) is 0 Å². The molecule has 0 N–H and O–H groups in total. The molecule has 2 heterocycles. The SMILES string of the molecule is CCN(CC)C(=O)[C@@H]1CCCN(Cc2ccsc2)C1. The fraction of sp³-hybridized carbons (Fsp3) is 0.667. The molecule has 1 atom stereocenters. The Bertz CT molecular complexity index is 387. The van der Waals surface area contributed by atoms with Crippen LogP contribution < -0.4 is 0 Å². The lowest BCUT2D eigenvalue weighted by atomic mass is 9.96. The molecule has 1 aliphatic heterocycles. The van der Waals surface area contributed by atoms with Crippen LogP contribution in [-0.4, -0.2) is 41.9 Å². The van der Waals surface area contributed by atoms with Crippen molar-refractivity contribution in [1.29, 1.82) is 0 Å². The third-order valence-electron chi connectivity index (χ3n) is 3.92. The van der Waals surface area contributed by atoms with E-state index >= 15 is 0 Å². The number of rotatable bonds is 5. The van der Waals surface area contributed by atoms with Crippen molar-refractivity contribution in [3.8, 4) is 0 Å². The molecule has 0 saturated carbocycles. The van der Waals surface area contributed by atoms with Gasteiger partial charge in [0.15, 0.2) is 0 Å². The first-order valence-electron chi connectivity index (χ1n) is 7.26. The summed E-state index contributed by atoms with van der Waals surface area (Å²) < 4.78 is 0. The van der Waals surface area contributed by atoms with E-state index in [1.165, 1.54) is 5.56 Å². The average Bonchev–Trinajstić information content (AvgIpc) is 2.93. The molecule has 0 bridgehead atoms. The van der Waals surface area contributed by atoms with Gasteiger partial charge in [-0.1, -0.05) is 0 Å². The van der Waals surface area contributed by atoms with Crippen LogP contribution in [0.15, 0.2) is 16.8 Å². The number of hydrogen-bond donors (Lipinski definition) is 0. The molecule has 0 aromatic carbocycles. The molecule has 2 rings (SSSR count). The van der Waals surface area contributed by atoms with Gasteiger partial charge in [0, 0.05) is 26.2 Å². The van der Waals surface area contributed by atoms with Gasteiger partial charge in [0.25, 0.3) is 0 Å². The molecule has 4 heteroatoms. The summed E-state index contributed by atoms with van der Waals surface area (Å²) in [6.07, 6.45) is 2.19. The van der Waals surface area contributed by atoms with Crippen molar-refractivity contribution in [2.45, 2.75) is 33.2 Å². The minimum Gasteiger partial charge on any atom is -0.343 e. The Morgan fingerprint density at radius 3 is 2.89 bits per heavy atom. The van der Waals surface area contributed by atoms with Gasteiger partial charge < -0.3 is 4.90 Å². The van der Waals surface area contributed by atoms with E-state index in [4.69, 9.17) is 0 Å². The molecule has 0 spiro atoms. The number of carbonyl (C=O) groups excluding carboxylic acids is 1. The van der Waals surface area contributed by atoms with E-state index in [1.54, 1.807) is 11.3 Å². The van der Waals surface area contributed by atoms with E-state index < -0.39 is 0 Å². The molecule has 1 aliphatic rings. The Morgan fingerprint density at radius 1 is 1.47 bits per heavy atom. The van der Waals surface area contributed by atoms with E-state index in [-0.39, 0.29) is 5.92 Å². The second kappa shape index (κ2) is 7.06. The highest BCUT2D eigenvalue weighted by molar-refractivity contribution is 7.07. The summed E-state index contributed by atoms with van der Waals surface area (Å²) in [6.45, 7) is 8.82. The highest BCUT2D eigenvalue weighted by atomic mass is 32.1. The van der Waals surface area contributed by atoms with Crippen LogP contribution in [0.5, 0.6) is 0 Å². The maximum absolute atomic E-state index is 12.4. The van der Waals surface area contributed by atoms with Crippen molar-refractivity contribution in [2.75, 3.05) is 26.2 Å². The summed E-state index contributed by atoms with van der Waals surface area (Å²) in [5.74, 6) is 0.548. The maximum Gasteiger partial charge on any atom is 0.226 e. The summed E-state index contributed by atoms with van der Waals surface area (Å²) in [6, 6.07) is 2.18. The smallest absolute Gasteiger partial charge is 0.226 e. The highest BCUT2D eigenvalue weighted by Crippen LogP contribution is 2.21. The van der Waals surface area contributed by atoms with E-state index in [0.29, 0.717) is 5.91 Å². The Morgan fingerprint density at radius 2 is 2.26 bits per heavy atom. The number of hydrogen-bond acceptors (Lipinski definition) is 3. The van der Waals surface area contributed by atoms with Crippen molar-refractivity contribution in [2.24, 2.45) is 5.92 Å². The molecule has 106 valence electrons. The quantitative estimate of drug-likeness (QED) is 0.828. The van der Waals surface area contributed by atoms with Gasteiger partial charge >= 0.3 is 0 Å². The zero-order valence-corrected chi connectivity index (χ0v) is 12.8. The van der Waals surface area contributed by atoms with Gasteiger partial charge in [-0.2, -0.15) is 11.3 Å². The largest absolute Gasteiger partial charge is 0.343 e. The van der Waals surface area contributed by atoms with Gasteiger partial charge in [0.1, 0.15) is 0 Å². The Balaban J connectivity index is 1.91. The predicted molar refractivity (Wildman–Crippen MR) is 80.2 cm³/mol. The lowest BCUT2D eigenvalue weighted by Crippen LogP contribution is -2.44. The van der Waals surface area contributed by atoms with Crippen LogP contribution >= 0.6 is 11.3 Å². The zero-order chi connectivity index (χ0) is 13.7. The Kier molecular flexibility index (Phi) is 5.40. The predicted octanol–water partition coefficient (Wildman–Crippen LogP) is 2.83. The first kappa shape index (κ1) is 14.5. The summed E-state index contributed by atoms with van der Waals surface area (Å²) in [7, 11) is 0. The van der Waals surface area contributed by atoms with Gasteiger partial charge in [0.05, 0.1) is 5.92 Å². The highest BCUT2D eigenvalue weighted by Gasteiger charge is 2.28. The Labute approximate surface area is 120 Å². The minimum absolute atomic E-state index is 0.201. The molecule has 3 nitrogen and oxygen atoms in total. The number of amides is 1. The molecule has 19 heavy (non-hydrogen) atoms. The number of piperidine rings is 1. The minimum atomic E-state index is 0.201. The van der Waals surface area contributed by atoms with Crippen molar-refractivity contribution in [3.63, 3.8) is 0 Å². The molecule has 1 fully saturated rings. The Hall–Kier alpha value is -0.870. The van der Waals surface area contributed by atoms with Crippen LogP contribution in [0, 0.1) is 5.92 Å². The molecular formula is C15H24N2OS. The molecule has 1 aromatic rings. The van der Waals surface area contributed by atoms with Gasteiger partial charge in [-0.15, -0.1) is 0 Å². The summed E-state index contributed by atoms with van der Waals surface area (Å²) >= 11 is 1.75. The molecule has 1 amide bonds. The normalized spacial score (nSPS) is 20.4. The molecule has 0 radical (unpaired) electrons. The second-order valence-corrected chi connectivity index (χ2v) is 6.00. The van der Waals surface area contributed by atoms with Crippen molar-refractivity contribution >= 4 is 17.2 Å². The van der Waals surface area contributed by atoms with E-state index in [1.807, 2.05) is 4.90 Å². The first-order chi connectivity index (χ1) is 9.24. The maximum atomic E-state index is 12.4. The number of thiophene rings is 1. The second-order valence-electron chi connectivity index (χ2n) is 5.22. The monoisotopic (exact) mass is 280 g/mol. The topological polar surface area (TPSA) is 23.6 Å². The van der Waals surface area contributed by atoms with E-state index in [9.17, 15) is 4.79 Å². The summed E-state index contributed by atoms with van der Waals surface area (Å²) in [4.78, 5) is 16.8. The fourth-order valence-corrected chi connectivity index (χ4v) is 3.49. The molecule has 1 saturated heterocycles. The lowest BCUT2D eigenvalue weighted by molar-refractivity contribution is -0.137. The van der Waals surface area contributed by atoms with Gasteiger partial charge in [-0.05, 0) is 55.6 Å². The standard InChI is InChI=1S/C15H24N2OS/c1-3-17(4-2)15(18)14-6-5-8-16(11-14)10-13-7-9-19-12-13/h7,9,12,14H,3-6,8,10-11H2,1-2H3/t14-/m1/s1. The van der Waals surface area contributed by atoms with Crippen molar-refractivity contribution in [3.05, 3.63) is 22.4 Å². The lowest BCUT2D eigenvalue weighted by Gasteiger charge is -2.34. The van der Waals surface area contributed by atoms with Crippen molar-refractivity contribution in [1.82, 2.24) is 9.80 Å². The molecule has 0 unspecified atom stereocenters. The van der Waals surface area contributed by atoms with Crippen LogP contribution in [0.1, 0.15) is 32.3 Å². The van der Waals surface area contributed by atoms with Crippen LogP contribution in [0.2, 0.25) is 0 Å². The third kappa shape index (κ3) is 3.80. The van der Waals surface area contributed by atoms with Crippen LogP contribution in [0.3, 0.4) is 0 Å². The summed E-state index contributed by atoms with van der Waals surface area (Å²) in [5, 5.41) is 4.33. The van der Waals surface area contributed by atoms with Gasteiger partial charge in [0.2, 0.25) is 5.91 Å². The van der Waals surface area contributed by atoms with Crippen LogP contribution in [-0.2, 0) is 11.3 Å². The zero-order valence-electron chi connectivity index (χ0n) is 12.0. The van der Waals surface area contributed by atoms with Crippen LogP contribution in [0.4, 0.5) is 0 Å². The van der Waals surface area contributed by atoms with Crippen molar-refractivity contribution < 1.29 is 4.79 Å². The molecule has 0 aliphatic carbocycles. The number of carbonyl (C=O) groups is 1. The molecule has 1 aromatic heterocycles. The van der Waals surface area contributed by atoms with Gasteiger partial charge in [-0.25, -0.2) is 0 Å². The summed E-state index contributed by atoms with van der Waals surface area (Å²) in [5.41, 5.74) is 1.38. The third-order valence-corrected chi connectivity index (χ3v) is 4.65. The average molecular weight is 280 g/mol.